The summed E-state index contributed by atoms with van der Waals surface area (Å²) >= 11 is 0. The summed E-state index contributed by atoms with van der Waals surface area (Å²) in [7, 11) is 0.284. The molecule has 3 rings (SSSR count). The highest BCUT2D eigenvalue weighted by Crippen LogP contribution is 2.61. The first-order chi connectivity index (χ1) is 9.33. The molecule has 0 aromatic carbocycles. The first-order valence-corrected chi connectivity index (χ1v) is 10.8. The quantitative estimate of drug-likeness (QED) is 0.319. The van der Waals surface area contributed by atoms with Crippen molar-refractivity contribution in [3.63, 3.8) is 0 Å². The fraction of sp³-hybridized carbons (Fsp3) is 0.625. The summed E-state index contributed by atoms with van der Waals surface area (Å²) in [6.45, 7) is 6.57. The van der Waals surface area contributed by atoms with Gasteiger partial charge in [-0.1, -0.05) is 37.7 Å². The largest absolute Gasteiger partial charge is 0.340 e. The Kier molecular flexibility index (Phi) is 2.78. The predicted octanol–water partition coefficient (Wildman–Crippen LogP) is 1.72. The van der Waals surface area contributed by atoms with Crippen LogP contribution in [0.5, 0.6) is 0 Å². The van der Waals surface area contributed by atoms with E-state index in [1.165, 1.54) is 0 Å². The molecular weight excluding hydrogens is 266 g/mol. The van der Waals surface area contributed by atoms with Gasteiger partial charge in [0.05, 0.1) is 0 Å². The third kappa shape index (κ3) is 1.53. The number of allylic oxidation sites excluding steroid dienone is 2. The van der Waals surface area contributed by atoms with Gasteiger partial charge in [0.1, 0.15) is 19.8 Å². The van der Waals surface area contributed by atoms with Crippen LogP contribution in [0.15, 0.2) is 12.2 Å². The lowest BCUT2D eigenvalue weighted by Gasteiger charge is -2.36. The summed E-state index contributed by atoms with van der Waals surface area (Å²) in [6, 6.07) is 0.0379. The van der Waals surface area contributed by atoms with Crippen molar-refractivity contribution in [1.82, 2.24) is 4.90 Å². The van der Waals surface area contributed by atoms with Crippen molar-refractivity contribution in [3.8, 4) is 11.5 Å². The van der Waals surface area contributed by atoms with Crippen molar-refractivity contribution >= 4 is 20.3 Å². The Bertz CT molecular complexity index is 565. The van der Waals surface area contributed by atoms with Gasteiger partial charge in [0.15, 0.2) is 0 Å². The highest BCUT2D eigenvalue weighted by molar-refractivity contribution is 6.83. The Morgan fingerprint density at radius 3 is 2.75 bits per heavy atom. The molecular formula is C16H21NO2Si. The summed E-state index contributed by atoms with van der Waals surface area (Å²) in [5.74, 6) is 3.60. The first-order valence-electron chi connectivity index (χ1n) is 7.26. The number of carbonyl (C=O) groups excluding carboxylic acids is 2. The van der Waals surface area contributed by atoms with Gasteiger partial charge in [0, 0.05) is 30.8 Å². The number of amides is 1. The van der Waals surface area contributed by atoms with Crippen molar-refractivity contribution < 1.29 is 9.59 Å². The van der Waals surface area contributed by atoms with Gasteiger partial charge in [0.25, 0.3) is 0 Å². The lowest BCUT2D eigenvalue weighted by atomic mass is 9.68. The van der Waals surface area contributed by atoms with Crippen LogP contribution in [0.25, 0.3) is 0 Å². The Morgan fingerprint density at radius 1 is 1.45 bits per heavy atom. The molecule has 0 unspecified atom stereocenters. The average Bonchev–Trinajstić information content (AvgIpc) is 2.66. The maximum atomic E-state index is 12.8. The standard InChI is InChI=1S/C16H21NO2Si/c1-17-14-11(10-18)12-6-5-7-13(14)16(12,15(17)19)8-9-20(2,3)4/h5-6,10-14H,7H2,1-4H3/t11-,12+,13-,14+,16-/m0/s1. The van der Waals surface area contributed by atoms with E-state index in [1.54, 1.807) is 4.90 Å². The molecule has 5 atom stereocenters. The van der Waals surface area contributed by atoms with Crippen molar-refractivity contribution in [2.24, 2.45) is 23.2 Å². The topological polar surface area (TPSA) is 37.4 Å². The SMILES string of the molecule is CN1C(=O)[C@@]2(C#C[Si](C)(C)C)[C@@H]3C=CC[C@H]2[C@H]1[C@H]3C=O. The Morgan fingerprint density at radius 2 is 2.15 bits per heavy atom. The molecule has 0 radical (unpaired) electrons. The van der Waals surface area contributed by atoms with Gasteiger partial charge in [-0.2, -0.15) is 0 Å². The van der Waals surface area contributed by atoms with Crippen LogP contribution in [-0.2, 0) is 9.59 Å². The normalized spacial score (nSPS) is 41.6. The molecule has 1 heterocycles. The third-order valence-electron chi connectivity index (χ3n) is 4.99. The molecule has 2 aliphatic carbocycles. The molecule has 20 heavy (non-hydrogen) atoms. The van der Waals surface area contributed by atoms with Gasteiger partial charge in [-0.3, -0.25) is 4.79 Å². The van der Waals surface area contributed by atoms with Crippen LogP contribution in [-0.4, -0.2) is 38.3 Å². The number of aldehydes is 1. The molecule has 3 nitrogen and oxygen atoms in total. The van der Waals surface area contributed by atoms with Crippen molar-refractivity contribution in [3.05, 3.63) is 12.2 Å². The van der Waals surface area contributed by atoms with Crippen LogP contribution in [0.4, 0.5) is 0 Å². The van der Waals surface area contributed by atoms with E-state index in [9.17, 15) is 9.59 Å². The fourth-order valence-corrected chi connectivity index (χ4v) is 4.80. The predicted molar refractivity (Wildman–Crippen MR) is 80.4 cm³/mol. The number of carbonyl (C=O) groups is 2. The van der Waals surface area contributed by atoms with Gasteiger partial charge in [0.2, 0.25) is 5.91 Å². The third-order valence-corrected chi connectivity index (χ3v) is 5.86. The van der Waals surface area contributed by atoms with Crippen molar-refractivity contribution in [2.45, 2.75) is 32.1 Å². The number of likely N-dealkylation sites (tertiary alicyclic amines) is 1. The van der Waals surface area contributed by atoms with E-state index in [0.29, 0.717) is 0 Å². The molecule has 1 saturated heterocycles. The van der Waals surface area contributed by atoms with Gasteiger partial charge in [-0.25, -0.2) is 0 Å². The number of hydrogen-bond donors (Lipinski definition) is 0. The van der Waals surface area contributed by atoms with E-state index in [4.69, 9.17) is 0 Å². The van der Waals surface area contributed by atoms with Crippen LogP contribution in [0.2, 0.25) is 19.6 Å². The molecule has 0 spiro atoms. The molecule has 1 amide bonds. The maximum Gasteiger partial charge on any atom is 0.241 e. The Hall–Kier alpha value is -1.34. The van der Waals surface area contributed by atoms with E-state index in [2.05, 4.69) is 43.3 Å². The number of nitrogens with zero attached hydrogens (tertiary/aromatic N) is 1. The zero-order chi connectivity index (χ0) is 14.7. The molecule has 4 heteroatoms. The molecule has 0 aromatic rings. The number of rotatable bonds is 1. The molecule has 1 saturated carbocycles. The van der Waals surface area contributed by atoms with E-state index in [-0.39, 0.29) is 29.7 Å². The Labute approximate surface area is 121 Å². The molecule has 3 aliphatic rings. The highest BCUT2D eigenvalue weighted by Gasteiger charge is 2.71. The van der Waals surface area contributed by atoms with Crippen LogP contribution in [0.3, 0.4) is 0 Å². The summed E-state index contributed by atoms with van der Waals surface area (Å²) in [5, 5.41) is 0. The van der Waals surface area contributed by atoms with E-state index < -0.39 is 13.5 Å². The van der Waals surface area contributed by atoms with E-state index >= 15 is 0 Å². The molecule has 0 N–H and O–H groups in total. The molecule has 2 fully saturated rings. The fourth-order valence-electron chi connectivity index (χ4n) is 4.22. The summed E-state index contributed by atoms with van der Waals surface area (Å²) in [5.41, 5.74) is 2.77. The second-order valence-corrected chi connectivity index (χ2v) is 12.0. The molecule has 1 aliphatic heterocycles. The lowest BCUT2D eigenvalue weighted by Crippen LogP contribution is -2.48. The van der Waals surface area contributed by atoms with Crippen LogP contribution in [0, 0.1) is 34.6 Å². The van der Waals surface area contributed by atoms with Gasteiger partial charge in [-0.15, -0.1) is 5.54 Å². The minimum Gasteiger partial charge on any atom is -0.340 e. The number of piperidine rings is 1. The minimum absolute atomic E-state index is 0.0173. The molecule has 4 bridgehead atoms. The van der Waals surface area contributed by atoms with Gasteiger partial charge >= 0.3 is 0 Å². The van der Waals surface area contributed by atoms with E-state index in [1.807, 2.05) is 7.05 Å². The van der Waals surface area contributed by atoms with Crippen LogP contribution < -0.4 is 0 Å². The smallest absolute Gasteiger partial charge is 0.241 e. The summed E-state index contributed by atoms with van der Waals surface area (Å²) in [4.78, 5) is 26.1. The lowest BCUT2D eigenvalue weighted by molar-refractivity contribution is -0.140. The maximum absolute atomic E-state index is 12.8. The second-order valence-electron chi connectivity index (χ2n) is 7.29. The van der Waals surface area contributed by atoms with Crippen LogP contribution >= 0.6 is 0 Å². The second kappa shape index (κ2) is 4.08. The minimum atomic E-state index is -1.55. The van der Waals surface area contributed by atoms with Gasteiger partial charge in [-0.05, 0) is 6.42 Å². The first kappa shape index (κ1) is 13.6. The van der Waals surface area contributed by atoms with Gasteiger partial charge < -0.3 is 9.69 Å². The monoisotopic (exact) mass is 287 g/mol. The van der Waals surface area contributed by atoms with E-state index in [0.717, 1.165) is 12.7 Å². The molecule has 106 valence electrons. The summed E-state index contributed by atoms with van der Waals surface area (Å²) in [6.07, 6.45) is 6.10. The van der Waals surface area contributed by atoms with Crippen molar-refractivity contribution in [1.29, 1.82) is 0 Å². The van der Waals surface area contributed by atoms with Crippen molar-refractivity contribution in [2.75, 3.05) is 7.05 Å². The number of hydrogen-bond acceptors (Lipinski definition) is 2. The molecule has 0 aromatic heterocycles. The average molecular weight is 287 g/mol. The Balaban J connectivity index is 2.16. The zero-order valence-corrected chi connectivity index (χ0v) is 13.5. The highest BCUT2D eigenvalue weighted by atomic mass is 28.3. The zero-order valence-electron chi connectivity index (χ0n) is 12.5. The van der Waals surface area contributed by atoms with Crippen LogP contribution in [0.1, 0.15) is 6.42 Å². The summed E-state index contributed by atoms with van der Waals surface area (Å²) < 4.78 is 0.